The summed E-state index contributed by atoms with van der Waals surface area (Å²) in [5, 5.41) is 19.2. The fraction of sp³-hybridized carbons (Fsp3) is 0.568. The Labute approximate surface area is 278 Å². The number of ether oxygens (including phenoxy) is 2. The summed E-state index contributed by atoms with van der Waals surface area (Å²) in [6, 6.07) is 13.7. The van der Waals surface area contributed by atoms with Gasteiger partial charge in [-0.15, -0.1) is 10.2 Å². The molecule has 0 aliphatic carbocycles. The molecule has 0 radical (unpaired) electrons. The van der Waals surface area contributed by atoms with Crippen molar-refractivity contribution in [1.29, 1.82) is 0 Å². The van der Waals surface area contributed by atoms with Gasteiger partial charge >= 0.3 is 0 Å². The monoisotopic (exact) mass is 646 g/mol. The number of unbranched alkanes of at least 4 members (excludes halogenated alkanes) is 2. The van der Waals surface area contributed by atoms with E-state index >= 15 is 4.39 Å². The number of anilines is 4. The topological polar surface area (TPSA) is 100 Å². The van der Waals surface area contributed by atoms with Crippen molar-refractivity contribution in [2.24, 2.45) is 5.92 Å². The van der Waals surface area contributed by atoms with Crippen LogP contribution >= 0.6 is 0 Å². The molecule has 2 atom stereocenters. The largest absolute Gasteiger partial charge is 0.507 e. The first-order chi connectivity index (χ1) is 22.9. The van der Waals surface area contributed by atoms with Gasteiger partial charge in [-0.2, -0.15) is 0 Å². The van der Waals surface area contributed by atoms with Crippen LogP contribution in [-0.2, 0) is 9.47 Å². The van der Waals surface area contributed by atoms with Crippen LogP contribution in [0.25, 0.3) is 11.3 Å². The average Bonchev–Trinajstić information content (AvgIpc) is 3.34. The summed E-state index contributed by atoms with van der Waals surface area (Å²) in [6.07, 6.45) is 8.03. The average molecular weight is 647 g/mol. The number of para-hydroxylation sites is 1. The normalized spacial score (nSPS) is 20.1. The molecule has 1 aromatic heterocycles. The lowest BCUT2D eigenvalue weighted by Crippen LogP contribution is -2.54. The molecule has 3 aliphatic heterocycles. The number of nitrogens with zero attached hydrogens (tertiary/aromatic N) is 5. The van der Waals surface area contributed by atoms with Crippen LogP contribution in [0.1, 0.15) is 70.8 Å². The summed E-state index contributed by atoms with van der Waals surface area (Å²) in [5.74, 6) is 0.741. The molecule has 2 aromatic carbocycles. The zero-order chi connectivity index (χ0) is 32.9. The summed E-state index contributed by atoms with van der Waals surface area (Å²) in [5.41, 5.74) is 11.0. The summed E-state index contributed by atoms with van der Waals surface area (Å²) >= 11 is 0. The van der Waals surface area contributed by atoms with Gasteiger partial charge in [0, 0.05) is 68.6 Å². The molecule has 0 spiro atoms. The van der Waals surface area contributed by atoms with E-state index in [2.05, 4.69) is 44.8 Å². The van der Waals surface area contributed by atoms with E-state index < -0.39 is 0 Å². The van der Waals surface area contributed by atoms with Gasteiger partial charge in [-0.05, 0) is 81.3 Å². The van der Waals surface area contributed by atoms with Crippen LogP contribution in [0.4, 0.5) is 27.3 Å². The van der Waals surface area contributed by atoms with Crippen LogP contribution in [0.5, 0.6) is 5.75 Å². The van der Waals surface area contributed by atoms with Crippen molar-refractivity contribution < 1.29 is 19.0 Å². The predicted octanol–water partition coefficient (Wildman–Crippen LogP) is 6.91. The molecular weight excluding hydrogens is 595 g/mol. The van der Waals surface area contributed by atoms with Gasteiger partial charge in [-0.1, -0.05) is 38.8 Å². The van der Waals surface area contributed by atoms with Crippen molar-refractivity contribution in [3.05, 3.63) is 53.8 Å². The van der Waals surface area contributed by atoms with Gasteiger partial charge in [0.15, 0.2) is 12.1 Å². The summed E-state index contributed by atoms with van der Waals surface area (Å²) in [6.45, 7) is 10.8. The standard InChI is InChI=1S/C37H51FN6O3/c1-4-6-19-46-37(47-20-7-5-2)26-15-17-42(18-16-26)33-21-27(13-14-31(33)38)44-28-11-12-29(44)24-43(23-28)34-22-32(40-41-36(34)39)30-10-8-9-25(3)35(30)45/h8-10,13-14,21-22,26,28-29,37,45H,4-7,11-12,15-20,23-24H2,1-3H3,(H2,39,41). The van der Waals surface area contributed by atoms with Crippen molar-refractivity contribution in [2.45, 2.75) is 90.5 Å². The predicted molar refractivity (Wildman–Crippen MR) is 187 cm³/mol. The minimum absolute atomic E-state index is 0.171. The number of hydrogen-bond acceptors (Lipinski definition) is 9. The third-order valence-corrected chi connectivity index (χ3v) is 10.2. The maximum atomic E-state index is 15.4. The van der Waals surface area contributed by atoms with E-state index in [1.165, 1.54) is 0 Å². The molecule has 9 nitrogen and oxygen atoms in total. The number of phenols is 1. The third-order valence-electron chi connectivity index (χ3n) is 10.2. The van der Waals surface area contributed by atoms with Gasteiger partial charge in [-0.25, -0.2) is 4.39 Å². The van der Waals surface area contributed by atoms with E-state index in [0.29, 0.717) is 28.7 Å². The molecular formula is C37H51FN6O3. The fourth-order valence-corrected chi connectivity index (χ4v) is 7.49. The number of halogens is 1. The first kappa shape index (κ1) is 33.3. The van der Waals surface area contributed by atoms with Crippen LogP contribution in [0.15, 0.2) is 42.5 Å². The SMILES string of the molecule is CCCCOC(OCCCC)C1CCN(c2cc(N3C4CCC3CN(c3cc(-c5cccc(C)c5O)nnc3N)C4)ccc2F)CC1. The summed E-state index contributed by atoms with van der Waals surface area (Å²) in [7, 11) is 0. The molecule has 4 heterocycles. The minimum atomic E-state index is -0.179. The van der Waals surface area contributed by atoms with Crippen molar-refractivity contribution >= 4 is 22.9 Å². The molecule has 2 bridgehead atoms. The van der Waals surface area contributed by atoms with Crippen molar-refractivity contribution in [3.63, 3.8) is 0 Å². The quantitative estimate of drug-likeness (QED) is 0.152. The Balaban J connectivity index is 1.14. The highest BCUT2D eigenvalue weighted by Gasteiger charge is 2.41. The Morgan fingerprint density at radius 2 is 1.57 bits per heavy atom. The second-order valence-corrected chi connectivity index (χ2v) is 13.4. The highest BCUT2D eigenvalue weighted by Crippen LogP contribution is 2.41. The number of phenolic OH excluding ortho intramolecular Hbond substituents is 1. The number of fused-ring (bicyclic) bond motifs is 2. The van der Waals surface area contributed by atoms with Crippen molar-refractivity contribution in [1.82, 2.24) is 10.2 Å². The molecule has 3 aliphatic rings. The number of hydrogen-bond donors (Lipinski definition) is 2. The van der Waals surface area contributed by atoms with E-state index in [1.54, 1.807) is 6.07 Å². The number of nitrogens with two attached hydrogens (primary N) is 1. The molecule has 0 saturated carbocycles. The second kappa shape index (κ2) is 15.1. The lowest BCUT2D eigenvalue weighted by Gasteiger charge is -2.44. The number of piperidine rings is 1. The number of benzene rings is 2. The second-order valence-electron chi connectivity index (χ2n) is 13.4. The lowest BCUT2D eigenvalue weighted by molar-refractivity contribution is -0.177. The Morgan fingerprint density at radius 3 is 2.23 bits per heavy atom. The third kappa shape index (κ3) is 7.28. The molecule has 3 fully saturated rings. The van der Waals surface area contributed by atoms with Gasteiger partial charge in [-0.3, -0.25) is 0 Å². The molecule has 2 unspecified atom stereocenters. The highest BCUT2D eigenvalue weighted by atomic mass is 19.1. The van der Waals surface area contributed by atoms with Crippen LogP contribution in [0.3, 0.4) is 0 Å². The minimum Gasteiger partial charge on any atom is -0.507 e. The maximum Gasteiger partial charge on any atom is 0.169 e. The zero-order valence-corrected chi connectivity index (χ0v) is 28.2. The molecule has 254 valence electrons. The first-order valence-electron chi connectivity index (χ1n) is 17.6. The number of aromatic nitrogens is 2. The number of rotatable bonds is 13. The molecule has 3 saturated heterocycles. The van der Waals surface area contributed by atoms with Gasteiger partial charge in [0.25, 0.3) is 0 Å². The molecule has 3 N–H and O–H groups in total. The first-order valence-corrected chi connectivity index (χ1v) is 17.6. The highest BCUT2D eigenvalue weighted by molar-refractivity contribution is 5.75. The van der Waals surface area contributed by atoms with Crippen LogP contribution in [0.2, 0.25) is 0 Å². The molecule has 47 heavy (non-hydrogen) atoms. The van der Waals surface area contributed by atoms with E-state index in [1.807, 2.05) is 37.3 Å². The van der Waals surface area contributed by atoms with E-state index in [9.17, 15) is 5.11 Å². The Morgan fingerprint density at radius 1 is 0.894 bits per heavy atom. The van der Waals surface area contributed by atoms with Crippen LogP contribution < -0.4 is 20.4 Å². The number of aromatic hydroxyl groups is 1. The van der Waals surface area contributed by atoms with Crippen LogP contribution in [0, 0.1) is 18.7 Å². The Kier molecular flexibility index (Phi) is 10.7. The van der Waals surface area contributed by atoms with E-state index in [0.717, 1.165) is 108 Å². The van der Waals surface area contributed by atoms with Gasteiger partial charge in [0.05, 0.1) is 17.1 Å². The van der Waals surface area contributed by atoms with Crippen molar-refractivity contribution in [3.8, 4) is 17.0 Å². The Bertz CT molecular complexity index is 1470. The van der Waals surface area contributed by atoms with E-state index in [-0.39, 0.29) is 29.9 Å². The summed E-state index contributed by atoms with van der Waals surface area (Å²) in [4.78, 5) is 6.99. The van der Waals surface area contributed by atoms with Gasteiger partial charge < -0.3 is 35.0 Å². The number of nitrogen functional groups attached to an aromatic ring is 1. The molecule has 6 rings (SSSR count). The van der Waals surface area contributed by atoms with Crippen molar-refractivity contribution in [2.75, 3.05) is 59.8 Å². The number of aryl methyl sites for hydroxylation is 1. The van der Waals surface area contributed by atoms with E-state index in [4.69, 9.17) is 15.2 Å². The Hall–Kier alpha value is -3.63. The van der Waals surface area contributed by atoms with Crippen LogP contribution in [-0.4, -0.2) is 73.1 Å². The molecule has 3 aromatic rings. The zero-order valence-electron chi connectivity index (χ0n) is 28.2. The lowest BCUT2D eigenvalue weighted by atomic mass is 9.95. The maximum absolute atomic E-state index is 15.4. The number of piperazine rings is 1. The smallest absolute Gasteiger partial charge is 0.169 e. The molecule has 10 heteroatoms. The molecule has 0 amide bonds. The van der Waals surface area contributed by atoms with Gasteiger partial charge in [0.1, 0.15) is 11.6 Å². The fourth-order valence-electron chi connectivity index (χ4n) is 7.49. The van der Waals surface area contributed by atoms with Gasteiger partial charge in [0.2, 0.25) is 0 Å². The summed E-state index contributed by atoms with van der Waals surface area (Å²) < 4.78 is 27.8.